The van der Waals surface area contributed by atoms with Crippen LogP contribution in [-0.4, -0.2) is 66.4 Å². The highest BCUT2D eigenvalue weighted by Crippen LogP contribution is 2.33. The van der Waals surface area contributed by atoms with Gasteiger partial charge >= 0.3 is 5.97 Å². The predicted molar refractivity (Wildman–Crippen MR) is 141 cm³/mol. The number of piperazine rings is 1. The number of halogens is 2. The van der Waals surface area contributed by atoms with Gasteiger partial charge < -0.3 is 10.1 Å². The van der Waals surface area contributed by atoms with E-state index in [0.717, 1.165) is 55.9 Å². The number of para-hydroxylation sites is 2. The summed E-state index contributed by atoms with van der Waals surface area (Å²) < 4.78 is 8.30. The van der Waals surface area contributed by atoms with E-state index in [1.54, 1.807) is 18.2 Å². The van der Waals surface area contributed by atoms with E-state index in [9.17, 15) is 9.70 Å². The van der Waals surface area contributed by atoms with Gasteiger partial charge in [-0.2, -0.15) is 0 Å². The molecule has 1 heterocycles. The molecule has 10 heteroatoms. The Morgan fingerprint density at radius 3 is 2.38 bits per heavy atom. The van der Waals surface area contributed by atoms with E-state index in [4.69, 9.17) is 27.9 Å². The maximum Gasteiger partial charge on any atom is 0.310 e. The Kier molecular flexibility index (Phi) is 10.0. The third-order valence-electron chi connectivity index (χ3n) is 5.60. The Morgan fingerprint density at radius 2 is 1.71 bits per heavy atom. The Hall–Kier alpha value is -1.84. The molecule has 184 valence electrons. The van der Waals surface area contributed by atoms with Crippen molar-refractivity contribution in [1.29, 1.82) is 0 Å². The van der Waals surface area contributed by atoms with Crippen LogP contribution in [0.1, 0.15) is 19.4 Å². The minimum absolute atomic E-state index is 0.149. The molecule has 0 aromatic heterocycles. The summed E-state index contributed by atoms with van der Waals surface area (Å²) in [5.74, 6) is -0.279. The van der Waals surface area contributed by atoms with Crippen LogP contribution in [0.5, 0.6) is 0 Å². The SMILES string of the molecule is CC(C)(CN1CCN(CCOC(=O)Cc2ccccc2Nc2c(Cl)cccc2Cl)CC1)SN=O. The van der Waals surface area contributed by atoms with Gasteiger partial charge in [-0.05, 0) is 37.6 Å². The van der Waals surface area contributed by atoms with E-state index in [2.05, 4.69) is 19.7 Å². The van der Waals surface area contributed by atoms with Crippen molar-refractivity contribution in [2.24, 2.45) is 4.58 Å². The lowest BCUT2D eigenvalue weighted by Gasteiger charge is -2.37. The first kappa shape index (κ1) is 26.8. The number of hydrogen-bond acceptors (Lipinski definition) is 8. The van der Waals surface area contributed by atoms with Gasteiger partial charge in [-0.15, -0.1) is 4.91 Å². The highest BCUT2D eigenvalue weighted by molar-refractivity contribution is 7.99. The first-order chi connectivity index (χ1) is 16.3. The van der Waals surface area contributed by atoms with Crippen molar-refractivity contribution < 1.29 is 9.53 Å². The average Bonchev–Trinajstić information content (AvgIpc) is 2.78. The monoisotopic (exact) mass is 524 g/mol. The number of rotatable bonds is 11. The lowest BCUT2D eigenvalue weighted by Crippen LogP contribution is -2.50. The van der Waals surface area contributed by atoms with E-state index in [1.807, 2.05) is 38.1 Å². The fraction of sp³-hybridized carbons (Fsp3) is 0.458. The van der Waals surface area contributed by atoms with Crippen LogP contribution in [0, 0.1) is 4.91 Å². The van der Waals surface area contributed by atoms with Crippen LogP contribution >= 0.6 is 35.1 Å². The quantitative estimate of drug-likeness (QED) is 0.231. The molecule has 0 amide bonds. The number of nitroso groups, excluding NO2 is 1. The maximum atomic E-state index is 12.5. The molecule has 0 spiro atoms. The summed E-state index contributed by atoms with van der Waals surface area (Å²) in [5, 5.41) is 4.26. The van der Waals surface area contributed by atoms with E-state index >= 15 is 0 Å². The Balaban J connectivity index is 1.44. The molecule has 7 nitrogen and oxygen atoms in total. The minimum atomic E-state index is -0.279. The highest BCUT2D eigenvalue weighted by Gasteiger charge is 2.26. The molecule has 3 rings (SSSR count). The molecule has 0 saturated carbocycles. The van der Waals surface area contributed by atoms with Crippen molar-refractivity contribution in [2.75, 3.05) is 51.2 Å². The smallest absolute Gasteiger partial charge is 0.310 e. The van der Waals surface area contributed by atoms with Crippen molar-refractivity contribution in [1.82, 2.24) is 9.80 Å². The normalized spacial score (nSPS) is 15.2. The summed E-state index contributed by atoms with van der Waals surface area (Å²) in [4.78, 5) is 27.7. The number of anilines is 2. The summed E-state index contributed by atoms with van der Waals surface area (Å²) in [7, 11) is 0. The Morgan fingerprint density at radius 1 is 1.06 bits per heavy atom. The van der Waals surface area contributed by atoms with Crippen LogP contribution in [0.4, 0.5) is 11.4 Å². The maximum absolute atomic E-state index is 12.5. The van der Waals surface area contributed by atoms with Crippen molar-refractivity contribution in [3.8, 4) is 0 Å². The van der Waals surface area contributed by atoms with E-state index in [1.165, 1.54) is 0 Å². The molecule has 0 radical (unpaired) electrons. The second kappa shape index (κ2) is 12.7. The van der Waals surface area contributed by atoms with Gasteiger partial charge in [-0.3, -0.25) is 14.6 Å². The van der Waals surface area contributed by atoms with Crippen LogP contribution in [0.2, 0.25) is 10.0 Å². The molecular formula is C24H30Cl2N4O3S. The first-order valence-corrected chi connectivity index (χ1v) is 12.7. The molecule has 1 aliphatic heterocycles. The second-order valence-electron chi connectivity index (χ2n) is 8.82. The van der Waals surface area contributed by atoms with Crippen LogP contribution < -0.4 is 5.32 Å². The topological polar surface area (TPSA) is 74.2 Å². The van der Waals surface area contributed by atoms with Gasteiger partial charge in [0.05, 0.1) is 22.2 Å². The van der Waals surface area contributed by atoms with Gasteiger partial charge in [0.15, 0.2) is 0 Å². The number of hydrogen-bond donors (Lipinski definition) is 1. The molecule has 1 N–H and O–H groups in total. The molecule has 1 fully saturated rings. The lowest BCUT2D eigenvalue weighted by atomic mass is 10.1. The zero-order valence-corrected chi connectivity index (χ0v) is 21.8. The number of esters is 1. The van der Waals surface area contributed by atoms with Crippen molar-refractivity contribution in [3.63, 3.8) is 0 Å². The zero-order chi connectivity index (χ0) is 24.6. The fourth-order valence-corrected chi connectivity index (χ4v) is 4.82. The molecule has 0 unspecified atom stereocenters. The van der Waals surface area contributed by atoms with Crippen LogP contribution in [0.25, 0.3) is 0 Å². The number of nitrogens with zero attached hydrogens (tertiary/aromatic N) is 3. The fourth-order valence-electron chi connectivity index (χ4n) is 3.88. The van der Waals surface area contributed by atoms with Gasteiger partial charge in [0.2, 0.25) is 0 Å². The molecule has 2 aromatic rings. The molecule has 0 bridgehead atoms. The van der Waals surface area contributed by atoms with Crippen LogP contribution in [0.3, 0.4) is 0 Å². The number of ether oxygens (including phenoxy) is 1. The lowest BCUT2D eigenvalue weighted by molar-refractivity contribution is -0.143. The third-order valence-corrected chi connectivity index (χ3v) is 6.93. The summed E-state index contributed by atoms with van der Waals surface area (Å²) in [5.41, 5.74) is 2.18. The molecular weight excluding hydrogens is 495 g/mol. The molecule has 1 aliphatic rings. The Bertz CT molecular complexity index is 964. The summed E-state index contributed by atoms with van der Waals surface area (Å²) in [6.07, 6.45) is 0.149. The van der Waals surface area contributed by atoms with E-state index in [0.29, 0.717) is 28.9 Å². The molecule has 0 atom stereocenters. The number of nitrogens with one attached hydrogen (secondary N) is 1. The summed E-state index contributed by atoms with van der Waals surface area (Å²) >= 11 is 13.6. The summed E-state index contributed by atoms with van der Waals surface area (Å²) in [6.45, 7) is 9.56. The molecule has 1 saturated heterocycles. The van der Waals surface area contributed by atoms with E-state index < -0.39 is 0 Å². The minimum Gasteiger partial charge on any atom is -0.464 e. The third kappa shape index (κ3) is 8.13. The molecule has 0 aliphatic carbocycles. The van der Waals surface area contributed by atoms with Gasteiger partial charge in [0, 0.05) is 66.2 Å². The average molecular weight is 526 g/mol. The first-order valence-electron chi connectivity index (χ1n) is 11.2. The number of carbonyl (C=O) groups excluding carboxylic acids is 1. The van der Waals surface area contributed by atoms with Crippen LogP contribution in [0.15, 0.2) is 47.0 Å². The highest BCUT2D eigenvalue weighted by atomic mass is 35.5. The van der Waals surface area contributed by atoms with Crippen molar-refractivity contribution in [3.05, 3.63) is 63.0 Å². The summed E-state index contributed by atoms with van der Waals surface area (Å²) in [6, 6.07) is 12.8. The Labute approximate surface area is 215 Å². The molecule has 34 heavy (non-hydrogen) atoms. The molecule has 2 aromatic carbocycles. The van der Waals surface area contributed by atoms with Gasteiger partial charge in [0.1, 0.15) is 6.61 Å². The van der Waals surface area contributed by atoms with Crippen molar-refractivity contribution in [2.45, 2.75) is 25.0 Å². The van der Waals surface area contributed by atoms with Gasteiger partial charge in [0.25, 0.3) is 0 Å². The second-order valence-corrected chi connectivity index (χ2v) is 11.1. The number of carbonyl (C=O) groups is 1. The van der Waals surface area contributed by atoms with Crippen molar-refractivity contribution >= 4 is 52.5 Å². The van der Waals surface area contributed by atoms with Crippen LogP contribution in [-0.2, 0) is 16.0 Å². The predicted octanol–water partition coefficient (Wildman–Crippen LogP) is 5.63. The van der Waals surface area contributed by atoms with E-state index in [-0.39, 0.29) is 17.1 Å². The van der Waals surface area contributed by atoms with Gasteiger partial charge in [-0.25, -0.2) is 0 Å². The number of benzene rings is 2. The standard InChI is InChI=1S/C24H30Cl2N4O3S/c1-24(2,34-28-32)17-30-12-10-29(11-13-30)14-15-33-22(31)16-18-6-3-4-9-21(18)27-23-19(25)7-5-8-20(23)26/h3-9,27H,10-17H2,1-2H3. The van der Waals surface area contributed by atoms with Gasteiger partial charge in [-0.1, -0.05) is 47.5 Å². The zero-order valence-electron chi connectivity index (χ0n) is 19.4. The largest absolute Gasteiger partial charge is 0.464 e.